The Morgan fingerprint density at radius 3 is 3.00 bits per heavy atom. The van der Waals surface area contributed by atoms with E-state index in [1.807, 2.05) is 11.0 Å². The Hall–Kier alpha value is -1.91. The lowest BCUT2D eigenvalue weighted by molar-refractivity contribution is -0.384. The molecular weight excluding hydrogens is 232 g/mol. The first-order chi connectivity index (χ1) is 8.66. The van der Waals surface area contributed by atoms with Crippen molar-refractivity contribution in [3.63, 3.8) is 0 Å². The molecule has 2 heterocycles. The van der Waals surface area contributed by atoms with E-state index in [2.05, 4.69) is 0 Å². The molecule has 1 aromatic rings. The number of non-ortho nitro benzene ring substituents is 1. The average Bonchev–Trinajstić information content (AvgIpc) is 2.94. The third-order valence-electron chi connectivity index (χ3n) is 3.99. The van der Waals surface area contributed by atoms with Crippen molar-refractivity contribution in [3.05, 3.63) is 39.9 Å². The van der Waals surface area contributed by atoms with Gasteiger partial charge in [0.1, 0.15) is 0 Å². The molecule has 0 radical (unpaired) electrons. The van der Waals surface area contributed by atoms with Gasteiger partial charge < -0.3 is 4.90 Å². The summed E-state index contributed by atoms with van der Waals surface area (Å²) >= 11 is 0. The van der Waals surface area contributed by atoms with Crippen molar-refractivity contribution in [2.45, 2.75) is 31.2 Å². The maximum absolute atomic E-state index is 11.9. The lowest BCUT2D eigenvalue weighted by Gasteiger charge is -2.20. The summed E-state index contributed by atoms with van der Waals surface area (Å²) in [6.45, 7) is 0.842. The fraction of sp³-hybridized carbons (Fsp3) is 0.462. The van der Waals surface area contributed by atoms with E-state index in [0.717, 1.165) is 24.9 Å². The molecule has 0 aromatic heterocycles. The summed E-state index contributed by atoms with van der Waals surface area (Å²) in [5, 5.41) is 10.8. The normalized spacial score (nSPS) is 26.4. The van der Waals surface area contributed by atoms with Crippen molar-refractivity contribution in [3.8, 4) is 0 Å². The van der Waals surface area contributed by atoms with Crippen LogP contribution in [0.5, 0.6) is 0 Å². The van der Waals surface area contributed by atoms with Crippen LogP contribution in [0.1, 0.15) is 30.7 Å². The quantitative estimate of drug-likeness (QED) is 0.592. The fourth-order valence-electron chi connectivity index (χ4n) is 3.17. The number of carbonyl (C=O) groups excluding carboxylic acids is 1. The second-order valence-electron chi connectivity index (χ2n) is 4.96. The second kappa shape index (κ2) is 4.08. The summed E-state index contributed by atoms with van der Waals surface area (Å²) in [7, 11) is 0. The molecule has 5 heteroatoms. The number of fused-ring (bicyclic) bond motifs is 1. The summed E-state index contributed by atoms with van der Waals surface area (Å²) in [5.41, 5.74) is 1.03. The van der Waals surface area contributed by atoms with Gasteiger partial charge in [-0.3, -0.25) is 14.9 Å². The third kappa shape index (κ3) is 1.66. The predicted molar refractivity (Wildman–Crippen MR) is 65.2 cm³/mol. The van der Waals surface area contributed by atoms with Crippen molar-refractivity contribution >= 4 is 11.6 Å². The molecule has 0 unspecified atom stereocenters. The van der Waals surface area contributed by atoms with Gasteiger partial charge in [0.05, 0.1) is 4.92 Å². The van der Waals surface area contributed by atoms with E-state index < -0.39 is 0 Å². The van der Waals surface area contributed by atoms with Crippen LogP contribution in [-0.4, -0.2) is 28.3 Å². The molecule has 2 aliphatic rings. The Morgan fingerprint density at radius 1 is 1.39 bits per heavy atom. The molecule has 1 amide bonds. The van der Waals surface area contributed by atoms with E-state index >= 15 is 0 Å². The number of hydrogen-bond donors (Lipinski definition) is 0. The highest BCUT2D eigenvalue weighted by molar-refractivity contribution is 5.81. The number of carbonyl (C=O) groups is 1. The number of nitro groups is 1. The van der Waals surface area contributed by atoms with Crippen LogP contribution in [0, 0.1) is 10.1 Å². The molecule has 3 rings (SSSR count). The van der Waals surface area contributed by atoms with Crippen LogP contribution in [-0.2, 0) is 4.79 Å². The standard InChI is InChI=1S/C13H14N2O3/c16-13-8-11(12-5-2-6-14(12)13)9-3-1-4-10(7-9)15(17)18/h1,3-4,7,11-12H,2,5-6,8H2/t11-,12+/m1/s1. The minimum Gasteiger partial charge on any atom is -0.339 e. The summed E-state index contributed by atoms with van der Waals surface area (Å²) in [5.74, 6) is 0.314. The molecule has 0 saturated carbocycles. The van der Waals surface area contributed by atoms with Crippen LogP contribution in [0.4, 0.5) is 5.69 Å². The Kier molecular flexibility index (Phi) is 2.54. The van der Waals surface area contributed by atoms with E-state index in [1.165, 1.54) is 6.07 Å². The van der Waals surface area contributed by atoms with Crippen LogP contribution >= 0.6 is 0 Å². The first kappa shape index (κ1) is 11.2. The van der Waals surface area contributed by atoms with Gasteiger partial charge in [-0.05, 0) is 18.4 Å². The van der Waals surface area contributed by atoms with E-state index in [9.17, 15) is 14.9 Å². The molecule has 2 fully saturated rings. The van der Waals surface area contributed by atoms with Crippen LogP contribution in [0.2, 0.25) is 0 Å². The van der Waals surface area contributed by atoms with E-state index in [4.69, 9.17) is 0 Å². The third-order valence-corrected chi connectivity index (χ3v) is 3.99. The lowest BCUT2D eigenvalue weighted by Crippen LogP contribution is -2.28. The van der Waals surface area contributed by atoms with Crippen molar-refractivity contribution in [2.75, 3.05) is 6.54 Å². The van der Waals surface area contributed by atoms with Crippen molar-refractivity contribution in [2.24, 2.45) is 0 Å². The van der Waals surface area contributed by atoms with Crippen molar-refractivity contribution in [1.29, 1.82) is 0 Å². The molecule has 0 N–H and O–H groups in total. The van der Waals surface area contributed by atoms with Crippen molar-refractivity contribution in [1.82, 2.24) is 4.90 Å². The first-order valence-corrected chi connectivity index (χ1v) is 6.20. The smallest absolute Gasteiger partial charge is 0.269 e. The van der Waals surface area contributed by atoms with E-state index in [1.54, 1.807) is 12.1 Å². The summed E-state index contributed by atoms with van der Waals surface area (Å²) in [6.07, 6.45) is 2.55. The molecule has 1 aromatic carbocycles. The monoisotopic (exact) mass is 246 g/mol. The molecule has 2 saturated heterocycles. The molecule has 2 aliphatic heterocycles. The largest absolute Gasteiger partial charge is 0.339 e. The molecule has 18 heavy (non-hydrogen) atoms. The van der Waals surface area contributed by atoms with Gasteiger partial charge in [-0.1, -0.05) is 12.1 Å². The maximum Gasteiger partial charge on any atom is 0.269 e. The number of benzene rings is 1. The number of amides is 1. The van der Waals surface area contributed by atoms with Crippen molar-refractivity contribution < 1.29 is 9.72 Å². The van der Waals surface area contributed by atoms with Crippen LogP contribution in [0.3, 0.4) is 0 Å². The van der Waals surface area contributed by atoms with Gasteiger partial charge in [0.25, 0.3) is 5.69 Å². The Bertz CT molecular complexity index is 515. The lowest BCUT2D eigenvalue weighted by atomic mass is 9.90. The topological polar surface area (TPSA) is 63.4 Å². The summed E-state index contributed by atoms with van der Waals surface area (Å²) in [6, 6.07) is 6.95. The highest BCUT2D eigenvalue weighted by Crippen LogP contribution is 2.40. The predicted octanol–water partition coefficient (Wildman–Crippen LogP) is 2.07. The van der Waals surface area contributed by atoms with Gasteiger partial charge in [-0.2, -0.15) is 0 Å². The Morgan fingerprint density at radius 2 is 2.22 bits per heavy atom. The van der Waals surface area contributed by atoms with E-state index in [-0.39, 0.29) is 28.5 Å². The van der Waals surface area contributed by atoms with Gasteiger partial charge in [-0.15, -0.1) is 0 Å². The highest BCUT2D eigenvalue weighted by atomic mass is 16.6. The number of nitrogens with zero attached hydrogens (tertiary/aromatic N) is 2. The molecule has 0 spiro atoms. The number of nitro benzene ring substituents is 1. The average molecular weight is 246 g/mol. The van der Waals surface area contributed by atoms with Gasteiger partial charge in [0, 0.05) is 37.1 Å². The van der Waals surface area contributed by atoms with Crippen LogP contribution < -0.4 is 0 Å². The van der Waals surface area contributed by atoms with Gasteiger partial charge in [0.2, 0.25) is 5.91 Å². The molecule has 0 bridgehead atoms. The fourth-order valence-corrected chi connectivity index (χ4v) is 3.17. The number of hydrogen-bond acceptors (Lipinski definition) is 3. The van der Waals surface area contributed by atoms with Crippen LogP contribution in [0.25, 0.3) is 0 Å². The van der Waals surface area contributed by atoms with Gasteiger partial charge >= 0.3 is 0 Å². The zero-order valence-corrected chi connectivity index (χ0v) is 9.91. The molecule has 2 atom stereocenters. The second-order valence-corrected chi connectivity index (χ2v) is 4.96. The minimum absolute atomic E-state index is 0.108. The molecule has 94 valence electrons. The zero-order chi connectivity index (χ0) is 12.7. The van der Waals surface area contributed by atoms with Gasteiger partial charge in [0.15, 0.2) is 0 Å². The van der Waals surface area contributed by atoms with E-state index in [0.29, 0.717) is 6.42 Å². The Balaban J connectivity index is 1.93. The SMILES string of the molecule is O=C1C[C@H](c2cccc([N+](=O)[O-])c2)[C@@H]2CCCN12. The van der Waals surface area contributed by atoms with Gasteiger partial charge in [-0.25, -0.2) is 0 Å². The van der Waals surface area contributed by atoms with Crippen LogP contribution in [0.15, 0.2) is 24.3 Å². The molecular formula is C13H14N2O3. The zero-order valence-electron chi connectivity index (χ0n) is 9.91. The molecule has 5 nitrogen and oxygen atoms in total. The maximum atomic E-state index is 11.9. The Labute approximate surface area is 105 Å². The highest BCUT2D eigenvalue weighted by Gasteiger charge is 2.43. The molecule has 0 aliphatic carbocycles. The summed E-state index contributed by atoms with van der Waals surface area (Å²) < 4.78 is 0. The number of rotatable bonds is 2. The minimum atomic E-state index is -0.382. The summed E-state index contributed by atoms with van der Waals surface area (Å²) in [4.78, 5) is 24.2. The first-order valence-electron chi connectivity index (χ1n) is 6.20.